The monoisotopic (exact) mass is 462 g/mol. The van der Waals surface area contributed by atoms with Crippen LogP contribution in [0, 0.1) is 0 Å². The van der Waals surface area contributed by atoms with Crippen LogP contribution in [0.1, 0.15) is 107 Å². The fraction of sp³-hybridized carbons (Fsp3) is 1.00. The highest BCUT2D eigenvalue weighted by Crippen LogP contribution is 2.43. The first kappa shape index (κ1) is 29.7. The predicted octanol–water partition coefficient (Wildman–Crippen LogP) is 8.74. The van der Waals surface area contributed by atoms with Gasteiger partial charge in [-0.25, -0.2) is 0 Å². The third kappa shape index (κ3) is 9.38. The van der Waals surface area contributed by atoms with Gasteiger partial charge in [0.25, 0.3) is 0 Å². The van der Waals surface area contributed by atoms with Gasteiger partial charge in [-0.2, -0.15) is 11.8 Å². The van der Waals surface area contributed by atoms with Crippen molar-refractivity contribution in [3.63, 3.8) is 0 Å². The maximum atomic E-state index is 6.86. The number of hydrogen-bond donors (Lipinski definition) is 0. The SMILES string of the molecule is CCCO[Si](CCC)(CCC)C(CC)SC(CC)[Si](CCC)(CCC)OCCC. The molecule has 2 unspecified atom stereocenters. The second-order valence-electron chi connectivity index (χ2n) is 8.76. The molecule has 176 valence electrons. The molecule has 2 nitrogen and oxygen atoms in total. The van der Waals surface area contributed by atoms with Gasteiger partial charge in [-0.15, -0.1) is 0 Å². The van der Waals surface area contributed by atoms with Crippen molar-refractivity contribution in [1.29, 1.82) is 0 Å². The summed E-state index contributed by atoms with van der Waals surface area (Å²) in [7, 11) is -3.50. The molecule has 0 fully saturated rings. The average molecular weight is 463 g/mol. The smallest absolute Gasteiger partial charge is 0.205 e. The van der Waals surface area contributed by atoms with Gasteiger partial charge in [0, 0.05) is 23.0 Å². The van der Waals surface area contributed by atoms with Gasteiger partial charge in [0.1, 0.15) is 0 Å². The zero-order valence-electron chi connectivity index (χ0n) is 21.3. The van der Waals surface area contributed by atoms with Gasteiger partial charge in [0.15, 0.2) is 0 Å². The summed E-state index contributed by atoms with van der Waals surface area (Å²) in [5.41, 5.74) is 0. The Morgan fingerprint density at radius 3 is 1.03 bits per heavy atom. The van der Waals surface area contributed by atoms with Crippen molar-refractivity contribution < 1.29 is 8.85 Å². The van der Waals surface area contributed by atoms with Crippen molar-refractivity contribution in [3.8, 4) is 0 Å². The first-order valence-electron chi connectivity index (χ1n) is 12.9. The third-order valence-electron chi connectivity index (χ3n) is 6.12. The quantitative estimate of drug-likeness (QED) is 0.168. The van der Waals surface area contributed by atoms with Crippen molar-refractivity contribution in [2.45, 2.75) is 141 Å². The fourth-order valence-electron chi connectivity index (χ4n) is 5.05. The largest absolute Gasteiger partial charge is 0.416 e. The van der Waals surface area contributed by atoms with Gasteiger partial charge in [-0.3, -0.25) is 0 Å². The van der Waals surface area contributed by atoms with Gasteiger partial charge >= 0.3 is 0 Å². The van der Waals surface area contributed by atoms with Gasteiger partial charge in [0.05, 0.1) is 0 Å². The molecule has 29 heavy (non-hydrogen) atoms. The van der Waals surface area contributed by atoms with Crippen LogP contribution in [-0.4, -0.2) is 39.6 Å². The highest BCUT2D eigenvalue weighted by molar-refractivity contribution is 8.03. The summed E-state index contributed by atoms with van der Waals surface area (Å²) in [5.74, 6) is 0. The molecule has 5 heteroatoms. The molecule has 0 radical (unpaired) electrons. The standard InChI is InChI=1S/C24H54O2SSi2/c1-9-17-25-28(19-11-3,20-12-4)23(15-7)27-24(16-8)29(21-13-5,22-14-6)26-18-10-2/h23-24H,9-22H2,1-8H3. The Labute approximate surface area is 190 Å². The molecule has 0 aliphatic rings. The molecule has 0 N–H and O–H groups in total. The van der Waals surface area contributed by atoms with Crippen LogP contribution in [0.5, 0.6) is 0 Å². The summed E-state index contributed by atoms with van der Waals surface area (Å²) in [6.07, 6.45) is 9.87. The fourth-order valence-corrected chi connectivity index (χ4v) is 19.9. The van der Waals surface area contributed by atoms with Crippen LogP contribution in [0.25, 0.3) is 0 Å². The molecule has 0 aromatic heterocycles. The number of thioether (sulfide) groups is 1. The van der Waals surface area contributed by atoms with E-state index in [1.807, 2.05) is 0 Å². The van der Waals surface area contributed by atoms with E-state index in [1.54, 1.807) is 0 Å². The molecule has 0 spiro atoms. The third-order valence-corrected chi connectivity index (χ3v) is 20.9. The zero-order chi connectivity index (χ0) is 22.2. The van der Waals surface area contributed by atoms with Crippen molar-refractivity contribution in [1.82, 2.24) is 0 Å². The molecule has 0 bridgehead atoms. The lowest BCUT2D eigenvalue weighted by Crippen LogP contribution is -2.54. The topological polar surface area (TPSA) is 18.5 Å². The lowest BCUT2D eigenvalue weighted by molar-refractivity contribution is 0.291. The molecule has 2 atom stereocenters. The molecule has 0 saturated heterocycles. The Balaban J connectivity index is 5.89. The van der Waals surface area contributed by atoms with Crippen LogP contribution >= 0.6 is 11.8 Å². The van der Waals surface area contributed by atoms with Crippen LogP contribution < -0.4 is 0 Å². The summed E-state index contributed by atoms with van der Waals surface area (Å²) in [6.45, 7) is 20.7. The van der Waals surface area contributed by atoms with Gasteiger partial charge in [0.2, 0.25) is 16.6 Å². The highest BCUT2D eigenvalue weighted by Gasteiger charge is 2.47. The number of rotatable bonds is 20. The van der Waals surface area contributed by atoms with E-state index in [0.717, 1.165) is 26.1 Å². The van der Waals surface area contributed by atoms with Gasteiger partial charge < -0.3 is 8.85 Å². The lowest BCUT2D eigenvalue weighted by atomic mass is 10.5. The molecule has 0 rings (SSSR count). The van der Waals surface area contributed by atoms with Crippen LogP contribution in [0.4, 0.5) is 0 Å². The van der Waals surface area contributed by atoms with Crippen LogP contribution in [0.2, 0.25) is 24.2 Å². The van der Waals surface area contributed by atoms with Crippen molar-refractivity contribution in [2.24, 2.45) is 0 Å². The van der Waals surface area contributed by atoms with Crippen molar-refractivity contribution in [3.05, 3.63) is 0 Å². The van der Waals surface area contributed by atoms with E-state index in [1.165, 1.54) is 62.7 Å². The Hall–Kier alpha value is 0.704. The number of hydrogen-bond acceptors (Lipinski definition) is 3. The summed E-state index contributed by atoms with van der Waals surface area (Å²) >= 11 is 2.34. The Morgan fingerprint density at radius 1 is 0.517 bits per heavy atom. The first-order chi connectivity index (χ1) is 14.0. The molecule has 0 aromatic carbocycles. The van der Waals surface area contributed by atoms with Crippen molar-refractivity contribution >= 4 is 28.4 Å². The second-order valence-corrected chi connectivity index (χ2v) is 19.2. The molecule has 0 heterocycles. The minimum absolute atomic E-state index is 0.713. The minimum atomic E-state index is -1.75. The van der Waals surface area contributed by atoms with E-state index in [9.17, 15) is 0 Å². The van der Waals surface area contributed by atoms with E-state index < -0.39 is 16.6 Å². The van der Waals surface area contributed by atoms with Crippen LogP contribution in [0.15, 0.2) is 0 Å². The maximum Gasteiger partial charge on any atom is 0.205 e. The molecule has 0 amide bonds. The minimum Gasteiger partial charge on any atom is -0.416 e. The Bertz CT molecular complexity index is 336. The van der Waals surface area contributed by atoms with Crippen LogP contribution in [-0.2, 0) is 8.85 Å². The van der Waals surface area contributed by atoms with Crippen LogP contribution in [0.3, 0.4) is 0 Å². The molecular formula is C24H54O2SSi2. The summed E-state index contributed by atoms with van der Waals surface area (Å²) in [4.78, 5) is 1.43. The normalized spacial score (nSPS) is 14.9. The molecule has 0 aromatic rings. The van der Waals surface area contributed by atoms with E-state index in [2.05, 4.69) is 67.2 Å². The first-order valence-corrected chi connectivity index (χ1v) is 18.7. The predicted molar refractivity (Wildman–Crippen MR) is 140 cm³/mol. The molecule has 0 aliphatic carbocycles. The maximum absolute atomic E-state index is 6.86. The summed E-state index contributed by atoms with van der Waals surface area (Å²) in [6, 6.07) is 5.31. The van der Waals surface area contributed by atoms with E-state index in [-0.39, 0.29) is 0 Å². The van der Waals surface area contributed by atoms with E-state index in [4.69, 9.17) is 8.85 Å². The van der Waals surface area contributed by atoms with E-state index >= 15 is 0 Å². The summed E-state index contributed by atoms with van der Waals surface area (Å²) < 4.78 is 13.7. The highest BCUT2D eigenvalue weighted by atomic mass is 32.2. The Kier molecular flexibility index (Phi) is 17.7. The summed E-state index contributed by atoms with van der Waals surface area (Å²) in [5, 5.41) is 0. The zero-order valence-corrected chi connectivity index (χ0v) is 24.1. The van der Waals surface area contributed by atoms with Gasteiger partial charge in [-0.1, -0.05) is 81.1 Å². The molecule has 0 saturated carbocycles. The van der Waals surface area contributed by atoms with Gasteiger partial charge in [-0.05, 0) is 49.9 Å². The average Bonchev–Trinajstić information content (AvgIpc) is 2.71. The van der Waals surface area contributed by atoms with E-state index in [0.29, 0.717) is 9.75 Å². The Morgan fingerprint density at radius 2 is 0.828 bits per heavy atom. The lowest BCUT2D eigenvalue weighted by Gasteiger charge is -2.44. The molecular weight excluding hydrogens is 409 g/mol. The molecule has 0 aliphatic heterocycles. The van der Waals surface area contributed by atoms with Crippen molar-refractivity contribution in [2.75, 3.05) is 13.2 Å². The second kappa shape index (κ2) is 17.3.